The van der Waals surface area contributed by atoms with Crippen molar-refractivity contribution in [3.05, 3.63) is 38.7 Å². The van der Waals surface area contributed by atoms with E-state index in [1.165, 1.54) is 36.6 Å². The summed E-state index contributed by atoms with van der Waals surface area (Å²) in [5.74, 6) is -0.607. The highest BCUT2D eigenvalue weighted by molar-refractivity contribution is 9.11. The second-order valence-corrected chi connectivity index (χ2v) is 8.12. The van der Waals surface area contributed by atoms with Gasteiger partial charge in [-0.3, -0.25) is 4.72 Å². The van der Waals surface area contributed by atoms with Crippen LogP contribution >= 0.6 is 27.3 Å². The van der Waals surface area contributed by atoms with E-state index in [9.17, 15) is 12.8 Å². The van der Waals surface area contributed by atoms with E-state index in [0.29, 0.717) is 3.79 Å². The van der Waals surface area contributed by atoms with Gasteiger partial charge in [0.1, 0.15) is 4.90 Å². The van der Waals surface area contributed by atoms with Gasteiger partial charge in [-0.2, -0.15) is 0 Å². The maximum atomic E-state index is 13.3. The van der Waals surface area contributed by atoms with E-state index in [4.69, 9.17) is 10.5 Å². The number of ether oxygens (including phenoxy) is 1. The lowest BCUT2D eigenvalue weighted by molar-refractivity contribution is 0.387. The third-order valence-corrected chi connectivity index (χ3v) is 6.26. The quantitative estimate of drug-likeness (QED) is 0.816. The van der Waals surface area contributed by atoms with Crippen molar-refractivity contribution >= 4 is 43.0 Å². The molecule has 114 valence electrons. The lowest BCUT2D eigenvalue weighted by atomic mass is 10.3. The van der Waals surface area contributed by atoms with Gasteiger partial charge in [0.2, 0.25) is 0 Å². The molecule has 1 aromatic heterocycles. The minimum absolute atomic E-state index is 0.0396. The summed E-state index contributed by atoms with van der Waals surface area (Å²) in [5.41, 5.74) is 5.71. The van der Waals surface area contributed by atoms with Crippen molar-refractivity contribution in [1.29, 1.82) is 0 Å². The molecule has 0 aliphatic carbocycles. The monoisotopic (exact) mass is 394 g/mol. The molecule has 0 bridgehead atoms. The zero-order valence-electron chi connectivity index (χ0n) is 10.9. The molecule has 1 aromatic carbocycles. The molecule has 0 spiro atoms. The Bertz CT molecular complexity index is 762. The number of benzene rings is 1. The van der Waals surface area contributed by atoms with Crippen molar-refractivity contribution in [1.82, 2.24) is 0 Å². The Morgan fingerprint density at radius 1 is 1.43 bits per heavy atom. The summed E-state index contributed by atoms with van der Waals surface area (Å²) >= 11 is 4.46. The Labute approximate surface area is 134 Å². The second kappa shape index (κ2) is 6.30. The van der Waals surface area contributed by atoms with E-state index in [1.54, 1.807) is 0 Å². The SMILES string of the molecule is COc1cc(NS(=O)(=O)c2cc(CN)sc2Br)ccc1F. The fraction of sp³-hybridized carbons (Fsp3) is 0.167. The molecule has 9 heteroatoms. The summed E-state index contributed by atoms with van der Waals surface area (Å²) in [5, 5.41) is 0. The molecule has 21 heavy (non-hydrogen) atoms. The van der Waals surface area contributed by atoms with Crippen molar-refractivity contribution in [2.75, 3.05) is 11.8 Å². The summed E-state index contributed by atoms with van der Waals surface area (Å²) < 4.78 is 45.6. The first-order valence-electron chi connectivity index (χ1n) is 5.72. The number of nitrogens with one attached hydrogen (secondary N) is 1. The van der Waals surface area contributed by atoms with Crippen LogP contribution in [0.25, 0.3) is 0 Å². The van der Waals surface area contributed by atoms with E-state index >= 15 is 0 Å². The minimum atomic E-state index is -3.79. The highest BCUT2D eigenvalue weighted by atomic mass is 79.9. The van der Waals surface area contributed by atoms with Crippen molar-refractivity contribution in [3.8, 4) is 5.75 Å². The summed E-state index contributed by atoms with van der Waals surface area (Å²) in [7, 11) is -2.49. The molecule has 5 nitrogen and oxygen atoms in total. The van der Waals surface area contributed by atoms with E-state index in [2.05, 4.69) is 20.7 Å². The van der Waals surface area contributed by atoms with Crippen LogP contribution in [0.3, 0.4) is 0 Å². The second-order valence-electron chi connectivity index (χ2n) is 4.01. The molecule has 3 N–H and O–H groups in total. The molecule has 0 aliphatic heterocycles. The van der Waals surface area contributed by atoms with Crippen LogP contribution in [0.4, 0.5) is 10.1 Å². The van der Waals surface area contributed by atoms with Gasteiger partial charge in [-0.25, -0.2) is 12.8 Å². The number of thiophene rings is 1. The highest BCUT2D eigenvalue weighted by Gasteiger charge is 2.21. The van der Waals surface area contributed by atoms with Crippen LogP contribution in [0.15, 0.2) is 32.9 Å². The predicted molar refractivity (Wildman–Crippen MR) is 83.7 cm³/mol. The van der Waals surface area contributed by atoms with Crippen LogP contribution in [-0.2, 0) is 16.6 Å². The zero-order valence-corrected chi connectivity index (χ0v) is 14.1. The van der Waals surface area contributed by atoms with Gasteiger partial charge in [-0.05, 0) is 34.1 Å². The fourth-order valence-corrected chi connectivity index (χ4v) is 5.23. The number of rotatable bonds is 5. The molecule has 0 saturated heterocycles. The van der Waals surface area contributed by atoms with E-state index in [1.807, 2.05) is 0 Å². The maximum absolute atomic E-state index is 13.3. The molecule has 2 rings (SSSR count). The molecule has 0 atom stereocenters. The van der Waals surface area contributed by atoms with Gasteiger partial charge in [0, 0.05) is 17.5 Å². The number of halogens is 2. The van der Waals surface area contributed by atoms with E-state index in [-0.39, 0.29) is 22.9 Å². The smallest absolute Gasteiger partial charge is 0.263 e. The normalized spacial score (nSPS) is 11.4. The molecular formula is C12H12BrFN2O3S2. The van der Waals surface area contributed by atoms with Gasteiger partial charge in [0.15, 0.2) is 11.6 Å². The molecule has 0 aliphatic rings. The summed E-state index contributed by atoms with van der Waals surface area (Å²) in [6.07, 6.45) is 0. The Balaban J connectivity index is 2.35. The van der Waals surface area contributed by atoms with Gasteiger partial charge in [0.25, 0.3) is 10.0 Å². The Kier molecular flexibility index (Phi) is 4.87. The van der Waals surface area contributed by atoms with Crippen LogP contribution in [0.2, 0.25) is 0 Å². The average Bonchev–Trinajstić information content (AvgIpc) is 2.83. The standard InChI is InChI=1S/C12H12BrFN2O3S2/c1-19-10-4-7(2-3-9(10)14)16-21(17,18)11-5-8(6-15)20-12(11)13/h2-5,16H,6,15H2,1H3. The molecule has 0 amide bonds. The van der Waals surface area contributed by atoms with E-state index in [0.717, 1.165) is 10.9 Å². The number of hydrogen-bond donors (Lipinski definition) is 2. The Morgan fingerprint density at radius 3 is 2.71 bits per heavy atom. The highest BCUT2D eigenvalue weighted by Crippen LogP contribution is 2.33. The van der Waals surface area contributed by atoms with Gasteiger partial charge >= 0.3 is 0 Å². The lowest BCUT2D eigenvalue weighted by Gasteiger charge is -2.09. The molecule has 0 unspecified atom stereocenters. The average molecular weight is 395 g/mol. The van der Waals surface area contributed by atoms with Crippen molar-refractivity contribution in [2.24, 2.45) is 5.73 Å². The van der Waals surface area contributed by atoms with Crippen molar-refractivity contribution < 1.29 is 17.5 Å². The molecule has 0 fully saturated rings. The number of anilines is 1. The summed E-state index contributed by atoms with van der Waals surface area (Å²) in [6.45, 7) is 0.253. The third-order valence-electron chi connectivity index (χ3n) is 2.60. The molecule has 1 heterocycles. The van der Waals surface area contributed by atoms with E-state index < -0.39 is 15.8 Å². The molecule has 0 saturated carbocycles. The molecular weight excluding hydrogens is 383 g/mol. The predicted octanol–water partition coefficient (Wildman–Crippen LogP) is 2.92. The third kappa shape index (κ3) is 3.54. The summed E-state index contributed by atoms with van der Waals surface area (Å²) in [4.78, 5) is 0.829. The topological polar surface area (TPSA) is 81.4 Å². The lowest BCUT2D eigenvalue weighted by Crippen LogP contribution is -2.12. The van der Waals surface area contributed by atoms with Gasteiger partial charge in [0.05, 0.1) is 16.6 Å². The largest absolute Gasteiger partial charge is 0.494 e. The first kappa shape index (κ1) is 16.2. The number of hydrogen-bond acceptors (Lipinski definition) is 5. The van der Waals surface area contributed by atoms with Crippen LogP contribution in [-0.4, -0.2) is 15.5 Å². The van der Waals surface area contributed by atoms with Crippen LogP contribution in [0, 0.1) is 5.82 Å². The molecule has 2 aromatic rings. The maximum Gasteiger partial charge on any atom is 0.263 e. The Hall–Kier alpha value is -1.16. The first-order valence-corrected chi connectivity index (χ1v) is 8.81. The number of nitrogens with two attached hydrogens (primary N) is 1. The van der Waals surface area contributed by atoms with Gasteiger partial charge < -0.3 is 10.5 Å². The first-order chi connectivity index (χ1) is 9.87. The Morgan fingerprint density at radius 2 is 2.14 bits per heavy atom. The van der Waals surface area contributed by atoms with Crippen molar-refractivity contribution in [3.63, 3.8) is 0 Å². The zero-order chi connectivity index (χ0) is 15.6. The van der Waals surface area contributed by atoms with Crippen LogP contribution in [0.1, 0.15) is 4.88 Å². The van der Waals surface area contributed by atoms with Crippen molar-refractivity contribution in [2.45, 2.75) is 11.4 Å². The molecule has 0 radical (unpaired) electrons. The van der Waals surface area contributed by atoms with Gasteiger partial charge in [-0.15, -0.1) is 11.3 Å². The van der Waals surface area contributed by atoms with Crippen LogP contribution in [0.5, 0.6) is 5.75 Å². The fourth-order valence-electron chi connectivity index (χ4n) is 1.62. The number of methoxy groups -OCH3 is 1. The summed E-state index contributed by atoms with van der Waals surface area (Å²) in [6, 6.07) is 5.22. The minimum Gasteiger partial charge on any atom is -0.494 e. The van der Waals surface area contributed by atoms with Gasteiger partial charge in [-0.1, -0.05) is 0 Å². The number of sulfonamides is 1. The van der Waals surface area contributed by atoms with Crippen LogP contribution < -0.4 is 15.2 Å².